The van der Waals surface area contributed by atoms with Crippen molar-refractivity contribution in [3.63, 3.8) is 0 Å². The molecule has 0 saturated heterocycles. The van der Waals surface area contributed by atoms with E-state index in [1.807, 2.05) is 0 Å². The SMILES string of the molecule is O=C=NCC1CCCC(n2c(=O)n(C3CCCCC3CN=C=O)c(=O)n(C3CCCCC3CN=C=O)c2=O)C1. The summed E-state index contributed by atoms with van der Waals surface area (Å²) in [6, 6.07) is -1.43. The van der Waals surface area contributed by atoms with Gasteiger partial charge in [-0.15, -0.1) is 0 Å². The zero-order chi connectivity index (χ0) is 27.8. The van der Waals surface area contributed by atoms with Gasteiger partial charge in [-0.1, -0.05) is 32.1 Å². The van der Waals surface area contributed by atoms with Crippen LogP contribution in [0, 0.1) is 17.8 Å². The number of nitrogens with zero attached hydrogens (tertiary/aromatic N) is 6. The van der Waals surface area contributed by atoms with Crippen molar-refractivity contribution in [2.24, 2.45) is 32.7 Å². The molecule has 6 atom stereocenters. The van der Waals surface area contributed by atoms with Crippen LogP contribution in [0.4, 0.5) is 0 Å². The van der Waals surface area contributed by atoms with Gasteiger partial charge in [0.05, 0.1) is 19.6 Å². The summed E-state index contributed by atoms with van der Waals surface area (Å²) < 4.78 is 3.74. The molecule has 3 saturated carbocycles. The maximum absolute atomic E-state index is 14.1. The van der Waals surface area contributed by atoms with Crippen molar-refractivity contribution in [1.82, 2.24) is 13.7 Å². The first-order valence-electron chi connectivity index (χ1n) is 14.1. The molecule has 39 heavy (non-hydrogen) atoms. The van der Waals surface area contributed by atoms with Gasteiger partial charge in [0.1, 0.15) is 0 Å². The van der Waals surface area contributed by atoms with Crippen molar-refractivity contribution in [1.29, 1.82) is 0 Å². The van der Waals surface area contributed by atoms with Crippen LogP contribution in [0.1, 0.15) is 95.2 Å². The van der Waals surface area contributed by atoms with E-state index in [0.29, 0.717) is 38.5 Å². The minimum Gasteiger partial charge on any atom is -0.247 e. The Morgan fingerprint density at radius 3 is 1.54 bits per heavy atom. The highest BCUT2D eigenvalue weighted by Gasteiger charge is 2.37. The van der Waals surface area contributed by atoms with Crippen molar-refractivity contribution in [2.45, 2.75) is 95.2 Å². The van der Waals surface area contributed by atoms with Crippen molar-refractivity contribution in [3.05, 3.63) is 31.5 Å². The molecular weight excluding hydrogens is 504 g/mol. The maximum Gasteiger partial charge on any atom is 0.336 e. The number of hydrogen-bond donors (Lipinski definition) is 0. The van der Waals surface area contributed by atoms with E-state index >= 15 is 0 Å². The predicted octanol–water partition coefficient (Wildman–Crippen LogP) is 2.37. The van der Waals surface area contributed by atoms with E-state index in [0.717, 1.165) is 38.5 Å². The third kappa shape index (κ3) is 6.25. The van der Waals surface area contributed by atoms with Gasteiger partial charge in [-0.2, -0.15) is 0 Å². The third-order valence-electron chi connectivity index (χ3n) is 8.95. The summed E-state index contributed by atoms with van der Waals surface area (Å²) in [7, 11) is 0. The summed E-state index contributed by atoms with van der Waals surface area (Å²) in [6.07, 6.45) is 13.3. The Kier molecular flexibility index (Phi) is 9.93. The smallest absolute Gasteiger partial charge is 0.247 e. The number of isocyanates is 3. The molecule has 0 N–H and O–H groups in total. The molecule has 12 heteroatoms. The first-order chi connectivity index (χ1) is 19.0. The molecule has 3 aliphatic rings. The second-order valence-electron chi connectivity index (χ2n) is 11.2. The minimum absolute atomic E-state index is 0.0269. The summed E-state index contributed by atoms with van der Waals surface area (Å²) in [5.41, 5.74) is -1.90. The average Bonchev–Trinajstić information content (AvgIpc) is 2.95. The fraction of sp³-hybridized carbons (Fsp3) is 0.778. The third-order valence-corrected chi connectivity index (χ3v) is 8.95. The van der Waals surface area contributed by atoms with Gasteiger partial charge < -0.3 is 0 Å². The van der Waals surface area contributed by atoms with Gasteiger partial charge in [-0.3, -0.25) is 0 Å². The lowest BCUT2D eigenvalue weighted by atomic mass is 9.83. The fourth-order valence-electron chi connectivity index (χ4n) is 7.09. The van der Waals surface area contributed by atoms with Gasteiger partial charge in [0.15, 0.2) is 0 Å². The standard InChI is InChI=1S/C27H36N6O6/c34-16-28-13-19-6-5-9-22(12-19)31-25(37)32(23-10-3-1-7-20(23)14-29-17-35)27(39)33(26(31)38)24-11-4-2-8-21(24)15-30-18-36/h19-24H,1-15H2. The van der Waals surface area contributed by atoms with Crippen LogP contribution in [0.15, 0.2) is 29.4 Å². The summed E-state index contributed by atoms with van der Waals surface area (Å²) in [6.45, 7) is 0.605. The van der Waals surface area contributed by atoms with E-state index in [2.05, 4.69) is 15.0 Å². The molecule has 6 unspecified atom stereocenters. The first-order valence-corrected chi connectivity index (χ1v) is 14.1. The van der Waals surface area contributed by atoms with Gasteiger partial charge in [0, 0.05) is 30.0 Å². The lowest BCUT2D eigenvalue weighted by molar-refractivity contribution is 0.178. The summed E-state index contributed by atoms with van der Waals surface area (Å²) in [4.78, 5) is 86.0. The molecule has 210 valence electrons. The topological polar surface area (TPSA) is 154 Å². The molecule has 0 aromatic carbocycles. The van der Waals surface area contributed by atoms with Crippen molar-refractivity contribution in [2.75, 3.05) is 19.6 Å². The Balaban J connectivity index is 1.90. The highest BCUT2D eigenvalue weighted by molar-refractivity contribution is 5.33. The van der Waals surface area contributed by atoms with E-state index in [-0.39, 0.29) is 37.4 Å². The molecule has 0 bridgehead atoms. The Bertz CT molecular complexity index is 1270. The zero-order valence-corrected chi connectivity index (χ0v) is 22.2. The molecule has 0 radical (unpaired) electrons. The Labute approximate surface area is 225 Å². The van der Waals surface area contributed by atoms with Gasteiger partial charge in [-0.05, 0) is 50.9 Å². The van der Waals surface area contributed by atoms with Crippen LogP contribution >= 0.6 is 0 Å². The largest absolute Gasteiger partial charge is 0.336 e. The highest BCUT2D eigenvalue weighted by atomic mass is 16.2. The van der Waals surface area contributed by atoms with Crippen LogP contribution < -0.4 is 17.1 Å². The van der Waals surface area contributed by atoms with Crippen LogP contribution in [-0.2, 0) is 14.4 Å². The molecule has 0 amide bonds. The van der Waals surface area contributed by atoms with Gasteiger partial charge in [0.25, 0.3) is 0 Å². The summed E-state index contributed by atoms with van der Waals surface area (Å²) in [5, 5.41) is 0. The maximum atomic E-state index is 14.1. The number of aromatic nitrogens is 3. The lowest BCUT2D eigenvalue weighted by Gasteiger charge is -2.36. The zero-order valence-electron chi connectivity index (χ0n) is 22.2. The fourth-order valence-corrected chi connectivity index (χ4v) is 7.09. The van der Waals surface area contributed by atoms with E-state index in [1.54, 1.807) is 18.2 Å². The predicted molar refractivity (Wildman–Crippen MR) is 141 cm³/mol. The van der Waals surface area contributed by atoms with Crippen LogP contribution in [0.3, 0.4) is 0 Å². The molecule has 1 heterocycles. The van der Waals surface area contributed by atoms with E-state index < -0.39 is 35.2 Å². The van der Waals surface area contributed by atoms with Crippen LogP contribution in [0.25, 0.3) is 0 Å². The normalized spacial score (nSPS) is 28.9. The molecule has 3 aliphatic carbocycles. The summed E-state index contributed by atoms with van der Waals surface area (Å²) >= 11 is 0. The molecular formula is C27H36N6O6. The number of carbonyl (C=O) groups excluding carboxylic acids is 3. The lowest BCUT2D eigenvalue weighted by Crippen LogP contribution is -2.59. The van der Waals surface area contributed by atoms with E-state index in [4.69, 9.17) is 0 Å². The molecule has 3 fully saturated rings. The molecule has 12 nitrogen and oxygen atoms in total. The molecule has 4 rings (SSSR count). The second kappa shape index (κ2) is 13.6. The minimum atomic E-state index is -0.641. The van der Waals surface area contributed by atoms with Crippen LogP contribution in [-0.4, -0.2) is 51.6 Å². The van der Waals surface area contributed by atoms with Crippen LogP contribution in [0.2, 0.25) is 0 Å². The van der Waals surface area contributed by atoms with Crippen molar-refractivity contribution >= 4 is 18.2 Å². The van der Waals surface area contributed by atoms with Gasteiger partial charge >= 0.3 is 17.1 Å². The molecule has 1 aromatic rings. The molecule has 1 aromatic heterocycles. The number of aliphatic imine (C=N–C) groups is 3. The van der Waals surface area contributed by atoms with Crippen molar-refractivity contribution in [3.8, 4) is 0 Å². The Hall–Kier alpha value is -3.45. The molecule has 0 spiro atoms. The second-order valence-corrected chi connectivity index (χ2v) is 11.2. The Morgan fingerprint density at radius 2 is 1.03 bits per heavy atom. The molecule has 0 aliphatic heterocycles. The van der Waals surface area contributed by atoms with Crippen LogP contribution in [0.5, 0.6) is 0 Å². The summed E-state index contributed by atoms with van der Waals surface area (Å²) in [5.74, 6) is -0.375. The van der Waals surface area contributed by atoms with Gasteiger partial charge in [0.2, 0.25) is 18.2 Å². The van der Waals surface area contributed by atoms with E-state index in [1.165, 1.54) is 13.7 Å². The number of hydrogen-bond acceptors (Lipinski definition) is 9. The number of rotatable bonds is 9. The first kappa shape index (κ1) is 28.6. The monoisotopic (exact) mass is 540 g/mol. The Morgan fingerprint density at radius 1 is 0.564 bits per heavy atom. The van der Waals surface area contributed by atoms with Crippen molar-refractivity contribution < 1.29 is 14.4 Å². The quantitative estimate of drug-likeness (QED) is 0.346. The van der Waals surface area contributed by atoms with Gasteiger partial charge in [-0.25, -0.2) is 57.4 Å². The average molecular weight is 541 g/mol. The highest BCUT2D eigenvalue weighted by Crippen LogP contribution is 2.36. The van der Waals surface area contributed by atoms with E-state index in [9.17, 15) is 28.8 Å².